The molecule has 10 heteroatoms. The zero-order valence-electron chi connectivity index (χ0n) is 64.6. The Kier molecular flexibility index (Phi) is 23.7. The zero-order chi connectivity index (χ0) is 74.8. The summed E-state index contributed by atoms with van der Waals surface area (Å²) >= 11 is 0. The number of amides is 2. The first-order valence-corrected chi connectivity index (χ1v) is 37.2. The molecule has 0 unspecified atom stereocenters. The molecule has 1 aliphatic heterocycles. The number of anilines is 2. The van der Waals surface area contributed by atoms with Crippen molar-refractivity contribution in [3.63, 3.8) is 0 Å². The van der Waals surface area contributed by atoms with Gasteiger partial charge in [-0.25, -0.2) is 0 Å². The van der Waals surface area contributed by atoms with Gasteiger partial charge in [0, 0.05) is 66.5 Å². The molecule has 2 aliphatic rings. The van der Waals surface area contributed by atoms with Gasteiger partial charge in [0.15, 0.2) is 0 Å². The topological polar surface area (TPSA) is 140 Å². The molecule has 4 aromatic heterocycles. The summed E-state index contributed by atoms with van der Waals surface area (Å²) in [5, 5.41) is 12.2. The predicted octanol–water partition coefficient (Wildman–Crippen LogP) is 20.2. The molecule has 0 spiro atoms. The molecule has 0 saturated heterocycles. The first-order valence-electron chi connectivity index (χ1n) is 37.2. The van der Waals surface area contributed by atoms with Gasteiger partial charge in [-0.3, -0.25) is 9.59 Å². The van der Waals surface area contributed by atoms with Gasteiger partial charge in [-0.2, -0.15) is 0 Å². The number of allylic oxidation sites excluding steroid dienone is 19. The molecule has 11 rings (SSSR count). The standard InChI is InChI=1S/C95H104N6O4/c1-18-74-63(10)89-87(68-41-46-72(47-42-68)96-93(102)70-39-37-67(38-40-70)36-34-60(7)31-24-29-58(5)27-22-23-28-59(6)30-25-32-61(8)35-51-80-62(9)33-26-54-95(80,14)15)90-64(11)75(19-2)82(99-90)57-84-77(21-4)66(13)92(101-84)88(91-65(12)76(20-3)83(100-91)56-81(74)98-89)69-43-48-73(49-44-69)97-94(103)71-45-50-78-79(55-71)86(105-17)53-52-85(78)104-16/h22-25,27-32,34-53,55-57,98-101H,18-21,26,33,54H2,1-17H3,(H,96,102)(H,97,103). The minimum absolute atomic E-state index is 0.179. The van der Waals surface area contributed by atoms with Gasteiger partial charge in [-0.1, -0.05) is 191 Å². The lowest BCUT2D eigenvalue weighted by Gasteiger charge is -2.32. The maximum absolute atomic E-state index is 14.0. The minimum atomic E-state index is -0.229. The van der Waals surface area contributed by atoms with Crippen molar-refractivity contribution < 1.29 is 19.1 Å². The Bertz CT molecular complexity index is 5410. The third-order valence-electron chi connectivity index (χ3n) is 21.2. The number of rotatable bonds is 22. The summed E-state index contributed by atoms with van der Waals surface area (Å²) in [5.74, 6) is 0.965. The van der Waals surface area contributed by atoms with Crippen LogP contribution in [0.3, 0.4) is 0 Å². The molecule has 9 aromatic rings. The van der Waals surface area contributed by atoms with Crippen LogP contribution in [0.25, 0.3) is 40.1 Å². The highest BCUT2D eigenvalue weighted by molar-refractivity contribution is 6.08. The van der Waals surface area contributed by atoms with Crippen LogP contribution < -0.4 is 41.5 Å². The first kappa shape index (κ1) is 75.1. The molecule has 10 nitrogen and oxygen atoms in total. The van der Waals surface area contributed by atoms with Gasteiger partial charge >= 0.3 is 0 Å². The monoisotopic (exact) mass is 1390 g/mol. The molecule has 0 fully saturated rings. The maximum atomic E-state index is 14.0. The molecule has 5 heterocycles. The number of aromatic amines is 4. The van der Waals surface area contributed by atoms with Crippen LogP contribution in [-0.2, 0) is 25.7 Å². The molecule has 0 atom stereocenters. The number of methoxy groups -OCH3 is 2. The normalized spacial score (nSPS) is 14.6. The second-order valence-corrected chi connectivity index (χ2v) is 28.8. The number of H-pyrrole nitrogens is 4. The summed E-state index contributed by atoms with van der Waals surface area (Å²) in [4.78, 5) is 44.0. The van der Waals surface area contributed by atoms with Crippen LogP contribution in [0, 0.1) is 33.1 Å². The Morgan fingerprint density at radius 2 is 0.905 bits per heavy atom. The molecule has 6 N–H and O–H groups in total. The second kappa shape index (κ2) is 33.1. The van der Waals surface area contributed by atoms with Crippen LogP contribution >= 0.6 is 0 Å². The van der Waals surface area contributed by atoms with Crippen LogP contribution in [0.5, 0.6) is 11.5 Å². The summed E-state index contributed by atoms with van der Waals surface area (Å²) in [5.41, 5.74) is 29.3. The van der Waals surface area contributed by atoms with E-state index < -0.39 is 0 Å². The highest BCUT2D eigenvalue weighted by Gasteiger charge is 2.28. The fourth-order valence-electron chi connectivity index (χ4n) is 15.2. The van der Waals surface area contributed by atoms with Gasteiger partial charge in [-0.15, -0.1) is 0 Å². The number of benzene rings is 5. The van der Waals surface area contributed by atoms with Gasteiger partial charge in [0.2, 0.25) is 0 Å². The van der Waals surface area contributed by atoms with Crippen molar-refractivity contribution in [3.8, 4) is 11.5 Å². The first-order chi connectivity index (χ1) is 50.6. The summed E-state index contributed by atoms with van der Waals surface area (Å²) < 4.78 is 11.3. The average molecular weight is 1390 g/mol. The molecule has 8 bridgehead atoms. The van der Waals surface area contributed by atoms with Crippen LogP contribution in [0.1, 0.15) is 200 Å². The lowest BCUT2D eigenvalue weighted by atomic mass is 9.72. The third-order valence-corrected chi connectivity index (χ3v) is 21.2. The molecule has 1 aliphatic carbocycles. The minimum Gasteiger partial charge on any atom is -0.496 e. The van der Waals surface area contributed by atoms with E-state index in [1.165, 1.54) is 86.1 Å². The Morgan fingerprint density at radius 1 is 0.476 bits per heavy atom. The zero-order valence-corrected chi connectivity index (χ0v) is 64.6. The van der Waals surface area contributed by atoms with Gasteiger partial charge in [0.1, 0.15) is 11.5 Å². The number of hydrogen-bond donors (Lipinski definition) is 6. The predicted molar refractivity (Wildman–Crippen MR) is 442 cm³/mol. The van der Waals surface area contributed by atoms with Crippen molar-refractivity contribution in [2.45, 2.75) is 149 Å². The smallest absolute Gasteiger partial charge is 0.255 e. The van der Waals surface area contributed by atoms with E-state index in [1.807, 2.05) is 78.9 Å². The molecule has 538 valence electrons. The molecule has 2 amide bonds. The number of nitrogens with one attached hydrogen (secondary N) is 6. The number of hydrogen-bond acceptors (Lipinski definition) is 4. The van der Waals surface area contributed by atoms with E-state index in [1.54, 1.807) is 14.2 Å². The number of fused-ring (bicyclic) bond motifs is 9. The van der Waals surface area contributed by atoms with E-state index in [4.69, 9.17) is 9.47 Å². The molecule has 5 aromatic carbocycles. The highest BCUT2D eigenvalue weighted by atomic mass is 16.5. The Balaban J connectivity index is 0.824. The maximum Gasteiger partial charge on any atom is 0.255 e. The lowest BCUT2D eigenvalue weighted by molar-refractivity contribution is 0.101. The summed E-state index contributed by atoms with van der Waals surface area (Å²) in [6.07, 6.45) is 41.5. The third kappa shape index (κ3) is 16.6. The number of carbonyl (C=O) groups excluding carboxylic acids is 2. The largest absolute Gasteiger partial charge is 0.496 e. The lowest BCUT2D eigenvalue weighted by Crippen LogP contribution is -2.19. The van der Waals surface area contributed by atoms with E-state index in [0.717, 1.165) is 120 Å². The van der Waals surface area contributed by atoms with Crippen molar-refractivity contribution in [1.29, 1.82) is 0 Å². The van der Waals surface area contributed by atoms with Crippen molar-refractivity contribution in [2.75, 3.05) is 24.9 Å². The van der Waals surface area contributed by atoms with Gasteiger partial charge in [0.25, 0.3) is 11.8 Å². The van der Waals surface area contributed by atoms with Crippen molar-refractivity contribution in [3.05, 3.63) is 332 Å². The Labute approximate surface area is 621 Å². The van der Waals surface area contributed by atoms with Crippen molar-refractivity contribution >= 4 is 63.3 Å². The van der Waals surface area contributed by atoms with Gasteiger partial charge in [-0.05, 0) is 258 Å². The van der Waals surface area contributed by atoms with E-state index in [-0.39, 0.29) is 17.2 Å². The number of ether oxygens (including phenoxy) is 2. The van der Waals surface area contributed by atoms with Crippen LogP contribution in [0.2, 0.25) is 0 Å². The summed E-state index contributed by atoms with van der Waals surface area (Å²) in [6.45, 7) is 33.3. The fraction of sp³-hybridized carbons (Fsp3) is 0.263. The Morgan fingerprint density at radius 3 is 1.36 bits per heavy atom. The molecular weight excluding hydrogens is 1290 g/mol. The van der Waals surface area contributed by atoms with E-state index >= 15 is 0 Å². The second-order valence-electron chi connectivity index (χ2n) is 28.8. The molecule has 105 heavy (non-hydrogen) atoms. The van der Waals surface area contributed by atoms with Crippen molar-refractivity contribution in [2.24, 2.45) is 5.41 Å². The van der Waals surface area contributed by atoms with Gasteiger partial charge in [0.05, 0.1) is 36.3 Å². The quantitative estimate of drug-likeness (QED) is 0.0376. The Hall–Kier alpha value is -11.1. The molecular formula is C95H104N6O4. The highest BCUT2D eigenvalue weighted by Crippen LogP contribution is 2.41. The van der Waals surface area contributed by atoms with E-state index in [2.05, 4.69) is 256 Å². The summed E-state index contributed by atoms with van der Waals surface area (Å²) in [7, 11) is 3.27. The van der Waals surface area contributed by atoms with Crippen LogP contribution in [-0.4, -0.2) is 46.0 Å². The van der Waals surface area contributed by atoms with Gasteiger partial charge < -0.3 is 40.0 Å². The summed E-state index contributed by atoms with van der Waals surface area (Å²) in [6, 6.07) is 33.5. The van der Waals surface area contributed by atoms with Crippen molar-refractivity contribution in [1.82, 2.24) is 19.9 Å². The van der Waals surface area contributed by atoms with Crippen LogP contribution in [0.4, 0.5) is 11.4 Å². The SMILES string of the molecule is CCc1c2[nH]c(c1C)C(c1ccc(NC(=O)c3ccc(C=CC(C)=CC=CC(C)=CC=CC=C(C)C=CC=C(C)C=CC4=C(C)CCCC4(C)C)cc3)cc1)=c1[nH]c(c(CC)c1C)=Cc1[nH]c(c(C)c1CC)C(c1ccc(NC(=O)c3ccc4c(OC)ccc(OC)c4c3)cc1)=c1[nH]c(c(CC)c1C)=C2. The molecule has 0 saturated carbocycles. The average Bonchev–Trinajstić information content (AvgIpc) is 1.61. The molecule has 0 radical (unpaired) electrons. The fourth-order valence-corrected chi connectivity index (χ4v) is 15.2. The number of aromatic nitrogens is 4. The van der Waals surface area contributed by atoms with E-state index in [0.29, 0.717) is 34.0 Å². The van der Waals surface area contributed by atoms with Crippen LogP contribution in [0.15, 0.2) is 216 Å². The van der Waals surface area contributed by atoms with E-state index in [9.17, 15) is 9.59 Å². The number of carbonyl (C=O) groups is 2.